The van der Waals surface area contributed by atoms with Gasteiger partial charge in [-0.25, -0.2) is 0 Å². The Bertz CT molecular complexity index is 966. The van der Waals surface area contributed by atoms with E-state index in [-0.39, 0.29) is 0 Å². The molecule has 0 amide bonds. The number of hydrogen-bond donors (Lipinski definition) is 0. The van der Waals surface area contributed by atoms with Crippen molar-refractivity contribution in [1.82, 2.24) is 0 Å². The summed E-state index contributed by atoms with van der Waals surface area (Å²) < 4.78 is 0. The van der Waals surface area contributed by atoms with Crippen LogP contribution in [-0.4, -0.2) is 0 Å². The molecule has 0 saturated heterocycles. The fourth-order valence-electron chi connectivity index (χ4n) is 7.10. The molecule has 4 fully saturated rings. The molecule has 0 nitrogen and oxygen atoms in total. The third-order valence-electron chi connectivity index (χ3n) is 7.74. The van der Waals surface area contributed by atoms with E-state index in [0.29, 0.717) is 5.41 Å². The first-order valence-electron chi connectivity index (χ1n) is 10.8. The molecule has 0 spiro atoms. The molecule has 4 aliphatic rings. The number of halogens is 2. The minimum atomic E-state index is -0.826. The molecule has 4 aliphatic carbocycles. The zero-order chi connectivity index (χ0) is 20.0. The first-order valence-corrected chi connectivity index (χ1v) is 17.2. The monoisotopic (exact) mass is 499 g/mol. The van der Waals surface area contributed by atoms with Gasteiger partial charge in [-0.1, -0.05) is 42.8 Å². The van der Waals surface area contributed by atoms with Gasteiger partial charge in [0, 0.05) is 0 Å². The molecule has 4 saturated carbocycles. The Hall–Kier alpha value is -0.487. The summed E-state index contributed by atoms with van der Waals surface area (Å²) in [6.45, 7) is 2.19. The van der Waals surface area contributed by atoms with Crippen LogP contribution < -0.4 is 0 Å². The summed E-state index contributed by atoms with van der Waals surface area (Å²) in [5, 5.41) is 2.76. The second-order valence-corrected chi connectivity index (χ2v) is 13.4. The van der Waals surface area contributed by atoms with Crippen molar-refractivity contribution in [2.75, 3.05) is 0 Å². The van der Waals surface area contributed by atoms with Gasteiger partial charge in [-0.2, -0.15) is 6.07 Å². The zero-order valence-corrected chi connectivity index (χ0v) is 20.9. The number of hydrogen-bond acceptors (Lipinski definition) is 0. The second kappa shape index (κ2) is 8.22. The van der Waals surface area contributed by atoms with E-state index >= 15 is 0 Å². The van der Waals surface area contributed by atoms with Crippen molar-refractivity contribution in [3.05, 3.63) is 65.7 Å². The molecule has 0 aromatic heterocycles. The molecule has 0 radical (unpaired) electrons. The predicted molar refractivity (Wildman–Crippen MR) is 121 cm³/mol. The molecule has 0 heterocycles. The van der Waals surface area contributed by atoms with Crippen molar-refractivity contribution in [1.29, 1.82) is 0 Å². The predicted octanol–water partition coefficient (Wildman–Crippen LogP) is 8.38. The molecule has 0 unspecified atom stereocenters. The quantitative estimate of drug-likeness (QED) is 0.309. The Morgan fingerprint density at radius 2 is 1.48 bits per heavy atom. The van der Waals surface area contributed by atoms with E-state index in [1.165, 1.54) is 66.0 Å². The summed E-state index contributed by atoms with van der Waals surface area (Å²) in [6.07, 6.45) is 8.93. The molecular weight excluding hydrogens is 474 g/mol. The van der Waals surface area contributed by atoms with Crippen LogP contribution in [0.5, 0.6) is 0 Å². The van der Waals surface area contributed by atoms with Gasteiger partial charge in [-0.3, -0.25) is 0 Å². The van der Waals surface area contributed by atoms with Crippen LogP contribution in [0.25, 0.3) is 21.9 Å². The van der Waals surface area contributed by atoms with E-state index in [1.807, 2.05) is 0 Å². The van der Waals surface area contributed by atoms with Gasteiger partial charge in [-0.05, 0) is 72.8 Å². The summed E-state index contributed by atoms with van der Waals surface area (Å²) in [4.78, 5) is 0. The molecule has 0 N–H and O–H groups in total. The fraction of sp³-hybridized carbons (Fsp3) is 0.423. The van der Waals surface area contributed by atoms with Crippen LogP contribution >= 0.6 is 17.0 Å². The van der Waals surface area contributed by atoms with Crippen molar-refractivity contribution in [2.45, 2.75) is 50.9 Å². The van der Waals surface area contributed by atoms with E-state index in [9.17, 15) is 0 Å². The first kappa shape index (κ1) is 20.4. The van der Waals surface area contributed by atoms with Gasteiger partial charge in [0.05, 0.1) is 0 Å². The molecule has 3 aromatic rings. The number of rotatable bonds is 2. The van der Waals surface area contributed by atoms with E-state index in [0.717, 1.165) is 17.8 Å². The zero-order valence-electron chi connectivity index (χ0n) is 16.9. The molecule has 3 aromatic carbocycles. The standard InChI is InChI=1S/C26H27.2ClH.Zr/c1-17-9-22-3-2-4-24(25(22)10-17)21-5-7-23(8-6-21)26-14-18-11-19(15-26)13-20(12-18)16-26;;;/h2-10,18-20H,11-16H2,1H3;2*1H;/q-1;;;+2/p-2. The Balaban J connectivity index is 0.000000573. The van der Waals surface area contributed by atoms with Gasteiger partial charge >= 0.3 is 37.9 Å². The average Bonchev–Trinajstić information content (AvgIpc) is 3.08. The number of aryl methyl sites for hydroxylation is 1. The summed E-state index contributed by atoms with van der Waals surface area (Å²) in [5.74, 6) is 3.05. The summed E-state index contributed by atoms with van der Waals surface area (Å²) in [7, 11) is 9.87. The third-order valence-corrected chi connectivity index (χ3v) is 7.74. The van der Waals surface area contributed by atoms with Crippen molar-refractivity contribution in [2.24, 2.45) is 17.8 Å². The Kier molecular flexibility index (Phi) is 5.79. The van der Waals surface area contributed by atoms with Gasteiger partial charge < -0.3 is 0 Å². The fourth-order valence-corrected chi connectivity index (χ4v) is 7.10. The van der Waals surface area contributed by atoms with Crippen LogP contribution in [0.1, 0.15) is 49.7 Å². The van der Waals surface area contributed by atoms with Gasteiger partial charge in [0.15, 0.2) is 0 Å². The Morgan fingerprint density at radius 3 is 2.07 bits per heavy atom. The van der Waals surface area contributed by atoms with Crippen molar-refractivity contribution in [3.63, 3.8) is 0 Å². The van der Waals surface area contributed by atoms with Crippen molar-refractivity contribution >= 4 is 27.8 Å². The van der Waals surface area contributed by atoms with E-state index in [4.69, 9.17) is 17.0 Å². The topological polar surface area (TPSA) is 0 Å². The molecule has 0 aliphatic heterocycles. The molecule has 0 atom stereocenters. The summed E-state index contributed by atoms with van der Waals surface area (Å²) in [6, 6.07) is 21.1. The third kappa shape index (κ3) is 3.82. The van der Waals surface area contributed by atoms with Crippen LogP contribution in [-0.2, 0) is 26.3 Å². The molecule has 4 bridgehead atoms. The van der Waals surface area contributed by atoms with Gasteiger partial charge in [0.25, 0.3) is 0 Å². The first-order chi connectivity index (χ1) is 14.1. The second-order valence-electron chi connectivity index (χ2n) is 9.69. The average molecular weight is 502 g/mol. The van der Waals surface area contributed by atoms with E-state index in [2.05, 4.69) is 61.5 Å². The Morgan fingerprint density at radius 1 is 0.897 bits per heavy atom. The van der Waals surface area contributed by atoms with Crippen LogP contribution in [0.3, 0.4) is 0 Å². The molecule has 7 rings (SSSR count). The normalized spacial score (nSPS) is 29.6. The maximum absolute atomic E-state index is 4.93. The van der Waals surface area contributed by atoms with E-state index in [1.54, 1.807) is 5.56 Å². The van der Waals surface area contributed by atoms with E-state index < -0.39 is 20.8 Å². The summed E-state index contributed by atoms with van der Waals surface area (Å²) >= 11 is -0.826. The van der Waals surface area contributed by atoms with Crippen LogP contribution in [0.15, 0.2) is 54.6 Å². The molecule has 150 valence electrons. The van der Waals surface area contributed by atoms with Crippen LogP contribution in [0, 0.1) is 24.7 Å². The molecule has 3 heteroatoms. The SMILES string of the molecule is Cc1cc2c(-c3ccc(C45CC6CC(CC(C6)C4)C5)cc3)cccc2[cH-]1.[Cl][Zr][Cl]. The van der Waals surface area contributed by atoms with Crippen molar-refractivity contribution in [3.8, 4) is 11.1 Å². The van der Waals surface area contributed by atoms with Crippen molar-refractivity contribution < 1.29 is 20.8 Å². The maximum atomic E-state index is 4.93. The summed E-state index contributed by atoms with van der Waals surface area (Å²) in [5.41, 5.74) is 6.25. The van der Waals surface area contributed by atoms with Crippen LogP contribution in [0.4, 0.5) is 0 Å². The van der Waals surface area contributed by atoms with Gasteiger partial charge in [0.2, 0.25) is 0 Å². The minimum absolute atomic E-state index is 0.510. The van der Waals surface area contributed by atoms with Gasteiger partial charge in [-0.15, -0.1) is 34.5 Å². The van der Waals surface area contributed by atoms with Crippen LogP contribution in [0.2, 0.25) is 0 Å². The number of fused-ring (bicyclic) bond motifs is 1. The molecular formula is C26H27Cl2Zr-. The number of benzene rings is 2. The van der Waals surface area contributed by atoms with Gasteiger partial charge in [0.1, 0.15) is 0 Å². The Labute approximate surface area is 193 Å². The molecule has 29 heavy (non-hydrogen) atoms.